The van der Waals surface area contributed by atoms with Crippen LogP contribution in [0.15, 0.2) is 78.0 Å². The number of nitrogens with one attached hydrogen (secondary N) is 2. The van der Waals surface area contributed by atoms with E-state index in [2.05, 4.69) is 15.3 Å². The first-order valence-electron chi connectivity index (χ1n) is 9.30. The van der Waals surface area contributed by atoms with E-state index in [0.717, 1.165) is 33.6 Å². The number of ether oxygens (including phenoxy) is 1. The molecule has 0 saturated heterocycles. The van der Waals surface area contributed by atoms with E-state index in [9.17, 15) is 4.79 Å². The number of anilines is 1. The summed E-state index contributed by atoms with van der Waals surface area (Å²) in [7, 11) is 1.63. The van der Waals surface area contributed by atoms with Crippen molar-refractivity contribution in [3.05, 3.63) is 72.8 Å². The lowest BCUT2D eigenvalue weighted by Gasteiger charge is -2.14. The van der Waals surface area contributed by atoms with E-state index in [1.165, 1.54) is 11.8 Å². The van der Waals surface area contributed by atoms with Crippen LogP contribution in [0.25, 0.3) is 22.2 Å². The lowest BCUT2D eigenvalue weighted by Crippen LogP contribution is -2.22. The minimum absolute atomic E-state index is 0.0728. The van der Waals surface area contributed by atoms with Gasteiger partial charge in [-0.3, -0.25) is 4.79 Å². The molecule has 4 aromatic rings. The van der Waals surface area contributed by atoms with Gasteiger partial charge in [0.1, 0.15) is 5.75 Å². The maximum atomic E-state index is 12.8. The molecule has 3 aromatic carbocycles. The lowest BCUT2D eigenvalue weighted by atomic mass is 10.0. The second-order valence-corrected chi connectivity index (χ2v) is 7.92. The molecule has 0 bridgehead atoms. The summed E-state index contributed by atoms with van der Waals surface area (Å²) in [5.74, 6) is 0.692. The number of aromatic amines is 1. The molecule has 2 N–H and O–H groups in total. The lowest BCUT2D eigenvalue weighted by molar-refractivity contribution is -0.115. The summed E-state index contributed by atoms with van der Waals surface area (Å²) in [4.78, 5) is 20.6. The molecule has 1 atom stereocenters. The normalized spacial score (nSPS) is 11.9. The average molecular weight is 404 g/mol. The van der Waals surface area contributed by atoms with Crippen LogP contribution in [0.1, 0.15) is 6.92 Å². The summed E-state index contributed by atoms with van der Waals surface area (Å²) in [5, 5.41) is 3.44. The molecular formula is C23H21N3O2S. The smallest absolute Gasteiger partial charge is 0.237 e. The monoisotopic (exact) mass is 403 g/mol. The molecule has 0 aliphatic heterocycles. The minimum Gasteiger partial charge on any atom is -0.497 e. The number of carbonyl (C=O) groups is 1. The van der Waals surface area contributed by atoms with Gasteiger partial charge in [0.25, 0.3) is 0 Å². The zero-order valence-corrected chi connectivity index (χ0v) is 17.0. The minimum atomic E-state index is -0.318. The van der Waals surface area contributed by atoms with Crippen LogP contribution in [0, 0.1) is 0 Å². The number of benzene rings is 3. The topological polar surface area (TPSA) is 67.0 Å². The zero-order chi connectivity index (χ0) is 20.2. The van der Waals surface area contributed by atoms with Crippen LogP contribution in [0.5, 0.6) is 5.75 Å². The Balaban J connectivity index is 1.49. The predicted molar refractivity (Wildman–Crippen MR) is 118 cm³/mol. The van der Waals surface area contributed by atoms with Crippen molar-refractivity contribution >= 4 is 34.4 Å². The van der Waals surface area contributed by atoms with E-state index < -0.39 is 0 Å². The summed E-state index contributed by atoms with van der Waals surface area (Å²) < 4.78 is 5.25. The Morgan fingerprint density at radius 1 is 1.07 bits per heavy atom. The maximum Gasteiger partial charge on any atom is 0.237 e. The van der Waals surface area contributed by atoms with E-state index in [4.69, 9.17) is 4.74 Å². The van der Waals surface area contributed by atoms with Crippen LogP contribution in [0.3, 0.4) is 0 Å². The van der Waals surface area contributed by atoms with Crippen molar-refractivity contribution in [2.75, 3.05) is 12.4 Å². The van der Waals surface area contributed by atoms with Crippen molar-refractivity contribution < 1.29 is 9.53 Å². The van der Waals surface area contributed by atoms with Gasteiger partial charge >= 0.3 is 0 Å². The third-order valence-corrected chi connectivity index (χ3v) is 5.58. The first kappa shape index (κ1) is 19.1. The molecule has 0 radical (unpaired) electrons. The Bertz CT molecular complexity index is 1140. The van der Waals surface area contributed by atoms with Gasteiger partial charge in [0.15, 0.2) is 5.16 Å². The molecule has 0 spiro atoms. The van der Waals surface area contributed by atoms with Crippen molar-refractivity contribution in [3.63, 3.8) is 0 Å². The SMILES string of the molecule is COc1ccc2nc(S[C@H](C)C(=O)Nc3ccccc3-c3ccccc3)[nH]c2c1. The van der Waals surface area contributed by atoms with Gasteiger partial charge in [0.2, 0.25) is 5.91 Å². The van der Waals surface area contributed by atoms with E-state index in [-0.39, 0.29) is 11.2 Å². The van der Waals surface area contributed by atoms with Crippen LogP contribution in [0.2, 0.25) is 0 Å². The molecule has 0 unspecified atom stereocenters. The molecule has 0 aliphatic rings. The van der Waals surface area contributed by atoms with Crippen molar-refractivity contribution in [1.82, 2.24) is 9.97 Å². The fraction of sp³-hybridized carbons (Fsp3) is 0.130. The van der Waals surface area contributed by atoms with Crippen LogP contribution >= 0.6 is 11.8 Å². The van der Waals surface area contributed by atoms with Crippen LogP contribution in [-0.2, 0) is 4.79 Å². The van der Waals surface area contributed by atoms with Crippen molar-refractivity contribution in [1.29, 1.82) is 0 Å². The van der Waals surface area contributed by atoms with Crippen molar-refractivity contribution in [2.45, 2.75) is 17.3 Å². The third-order valence-electron chi connectivity index (χ3n) is 4.59. The van der Waals surface area contributed by atoms with Gasteiger partial charge in [-0.15, -0.1) is 0 Å². The highest BCUT2D eigenvalue weighted by Gasteiger charge is 2.18. The van der Waals surface area contributed by atoms with Gasteiger partial charge in [-0.2, -0.15) is 0 Å². The average Bonchev–Trinajstić information content (AvgIpc) is 3.16. The number of rotatable bonds is 6. The Hall–Kier alpha value is -3.25. The van der Waals surface area contributed by atoms with Crippen molar-refractivity contribution in [3.8, 4) is 16.9 Å². The molecule has 1 heterocycles. The van der Waals surface area contributed by atoms with Gasteiger partial charge < -0.3 is 15.0 Å². The first-order chi connectivity index (χ1) is 14.1. The molecular weight excluding hydrogens is 382 g/mol. The number of nitrogens with zero attached hydrogens (tertiary/aromatic N) is 1. The molecule has 4 rings (SSSR count). The van der Waals surface area contributed by atoms with Crippen molar-refractivity contribution in [2.24, 2.45) is 0 Å². The van der Waals surface area contributed by atoms with E-state index >= 15 is 0 Å². The standard InChI is InChI=1S/C23H21N3O2S/c1-15(29-23-25-20-13-12-17(28-2)14-21(20)26-23)22(27)24-19-11-7-6-10-18(19)16-8-4-3-5-9-16/h3-15H,1-2H3,(H,24,27)(H,25,26)/t15-/m1/s1. The van der Waals surface area contributed by atoms with E-state index in [1.807, 2.05) is 79.7 Å². The number of aromatic nitrogens is 2. The number of fused-ring (bicyclic) bond motifs is 1. The van der Waals surface area contributed by atoms with Crippen LogP contribution in [0.4, 0.5) is 5.69 Å². The third kappa shape index (κ3) is 4.27. The number of methoxy groups -OCH3 is 1. The number of amides is 1. The summed E-state index contributed by atoms with van der Waals surface area (Å²) in [6.07, 6.45) is 0. The number of carbonyl (C=O) groups excluding carboxylic acids is 1. The van der Waals surface area contributed by atoms with Gasteiger partial charge in [0.05, 0.1) is 23.4 Å². The molecule has 1 aromatic heterocycles. The second-order valence-electron chi connectivity index (χ2n) is 6.59. The fourth-order valence-corrected chi connectivity index (χ4v) is 3.89. The molecule has 0 aliphatic carbocycles. The highest BCUT2D eigenvalue weighted by molar-refractivity contribution is 8.00. The Labute approximate surface area is 173 Å². The Morgan fingerprint density at radius 3 is 2.62 bits per heavy atom. The Morgan fingerprint density at radius 2 is 1.83 bits per heavy atom. The number of hydrogen-bond acceptors (Lipinski definition) is 4. The molecule has 146 valence electrons. The summed E-state index contributed by atoms with van der Waals surface area (Å²) in [6, 6.07) is 23.5. The second kappa shape index (κ2) is 8.41. The number of imidazole rings is 1. The number of para-hydroxylation sites is 1. The first-order valence-corrected chi connectivity index (χ1v) is 10.2. The molecule has 0 fully saturated rings. The van der Waals surface area contributed by atoms with E-state index in [1.54, 1.807) is 7.11 Å². The number of H-pyrrole nitrogens is 1. The van der Waals surface area contributed by atoms with Gasteiger partial charge in [-0.05, 0) is 30.7 Å². The highest BCUT2D eigenvalue weighted by atomic mass is 32.2. The predicted octanol–water partition coefficient (Wildman–Crippen LogP) is 5.36. The van der Waals surface area contributed by atoms with Crippen LogP contribution < -0.4 is 10.1 Å². The highest BCUT2D eigenvalue weighted by Crippen LogP contribution is 2.30. The summed E-state index contributed by atoms with van der Waals surface area (Å²) in [5.41, 5.74) is 4.58. The molecule has 29 heavy (non-hydrogen) atoms. The molecule has 5 nitrogen and oxygen atoms in total. The molecule has 1 amide bonds. The Kier molecular flexibility index (Phi) is 5.53. The largest absolute Gasteiger partial charge is 0.497 e. The summed E-state index contributed by atoms with van der Waals surface area (Å²) >= 11 is 1.39. The molecule has 6 heteroatoms. The van der Waals surface area contributed by atoms with E-state index in [0.29, 0.717) is 5.16 Å². The zero-order valence-electron chi connectivity index (χ0n) is 16.2. The van der Waals surface area contributed by atoms with Gasteiger partial charge in [-0.1, -0.05) is 60.3 Å². The maximum absolute atomic E-state index is 12.8. The number of hydrogen-bond donors (Lipinski definition) is 2. The van der Waals surface area contributed by atoms with Crippen LogP contribution in [-0.4, -0.2) is 28.2 Å². The fourth-order valence-electron chi connectivity index (χ4n) is 3.06. The molecule has 0 saturated carbocycles. The van der Waals surface area contributed by atoms with Gasteiger partial charge in [-0.25, -0.2) is 4.98 Å². The van der Waals surface area contributed by atoms with Gasteiger partial charge in [0, 0.05) is 17.3 Å². The number of thioether (sulfide) groups is 1. The summed E-state index contributed by atoms with van der Waals surface area (Å²) in [6.45, 7) is 1.87. The quantitative estimate of drug-likeness (QED) is 0.426.